The maximum Gasteiger partial charge on any atom is 0.278 e. The van der Waals surface area contributed by atoms with Gasteiger partial charge in [0.25, 0.3) is 11.1 Å². The van der Waals surface area contributed by atoms with E-state index < -0.39 is 23.1 Å². The first-order valence-electron chi connectivity index (χ1n) is 8.60. The van der Waals surface area contributed by atoms with E-state index in [9.17, 15) is 13.6 Å². The van der Waals surface area contributed by atoms with Crippen LogP contribution in [0.4, 0.5) is 14.6 Å². The fourth-order valence-electron chi connectivity index (χ4n) is 2.67. The lowest BCUT2D eigenvalue weighted by atomic mass is 10.1. The SMILES string of the molecule is O=C(Nc1ccc(-c2cc(Oc3nccs3)ccc2Cl)cn1)c1c(F)cccc1F. The number of hydrogen-bond donors (Lipinski definition) is 1. The summed E-state index contributed by atoms with van der Waals surface area (Å²) in [6.45, 7) is 0. The van der Waals surface area contributed by atoms with Crippen molar-refractivity contribution in [3.8, 4) is 22.1 Å². The molecule has 4 aromatic rings. The van der Waals surface area contributed by atoms with Crippen molar-refractivity contribution in [3.63, 3.8) is 0 Å². The average Bonchev–Trinajstić information content (AvgIpc) is 3.23. The van der Waals surface area contributed by atoms with E-state index in [-0.39, 0.29) is 5.82 Å². The fraction of sp³-hybridized carbons (Fsp3) is 0. The fourth-order valence-corrected chi connectivity index (χ4v) is 3.40. The second-order valence-electron chi connectivity index (χ2n) is 6.02. The standard InChI is InChI=1S/C21H12ClF2N3O2S/c22-15-6-5-13(29-21-25-8-9-30-21)10-14(15)12-4-7-18(26-11-12)27-20(28)19-16(23)2-1-3-17(19)24/h1-11H,(H,26,27,28). The number of aromatic nitrogens is 2. The summed E-state index contributed by atoms with van der Waals surface area (Å²) in [4.78, 5) is 20.4. The number of anilines is 1. The van der Waals surface area contributed by atoms with Crippen molar-refractivity contribution in [1.29, 1.82) is 0 Å². The lowest BCUT2D eigenvalue weighted by molar-refractivity contribution is 0.101. The van der Waals surface area contributed by atoms with Crippen LogP contribution in [-0.4, -0.2) is 15.9 Å². The van der Waals surface area contributed by atoms with Crippen molar-refractivity contribution in [3.05, 3.63) is 88.5 Å². The molecule has 0 saturated heterocycles. The van der Waals surface area contributed by atoms with Crippen LogP contribution in [0.3, 0.4) is 0 Å². The lowest BCUT2D eigenvalue weighted by Gasteiger charge is -2.09. The normalized spacial score (nSPS) is 10.6. The Bertz CT molecular complexity index is 1180. The summed E-state index contributed by atoms with van der Waals surface area (Å²) in [6.07, 6.45) is 3.13. The van der Waals surface area contributed by atoms with Gasteiger partial charge in [-0.15, -0.1) is 0 Å². The largest absolute Gasteiger partial charge is 0.431 e. The summed E-state index contributed by atoms with van der Waals surface area (Å²) in [5.41, 5.74) is 0.661. The molecule has 2 heterocycles. The molecule has 150 valence electrons. The number of nitrogens with zero attached hydrogens (tertiary/aromatic N) is 2. The molecule has 0 fully saturated rings. The van der Waals surface area contributed by atoms with Crippen LogP contribution in [0.25, 0.3) is 11.1 Å². The van der Waals surface area contributed by atoms with Crippen molar-refractivity contribution in [1.82, 2.24) is 9.97 Å². The van der Waals surface area contributed by atoms with E-state index in [0.29, 0.717) is 27.1 Å². The van der Waals surface area contributed by atoms with Crippen molar-refractivity contribution in [2.45, 2.75) is 0 Å². The molecule has 5 nitrogen and oxygen atoms in total. The Morgan fingerprint density at radius 1 is 1.07 bits per heavy atom. The number of pyridine rings is 1. The van der Waals surface area contributed by atoms with Crippen molar-refractivity contribution in [2.75, 3.05) is 5.32 Å². The Balaban J connectivity index is 1.54. The number of halogens is 3. The van der Waals surface area contributed by atoms with Gasteiger partial charge in [0.15, 0.2) is 0 Å². The number of thiazole rings is 1. The number of nitrogens with one attached hydrogen (secondary N) is 1. The molecule has 0 spiro atoms. The van der Waals surface area contributed by atoms with E-state index in [0.717, 1.165) is 12.1 Å². The highest BCUT2D eigenvalue weighted by Crippen LogP contribution is 2.33. The molecule has 1 N–H and O–H groups in total. The third-order valence-corrected chi connectivity index (χ3v) is 5.04. The third-order valence-electron chi connectivity index (χ3n) is 4.06. The summed E-state index contributed by atoms with van der Waals surface area (Å²) in [7, 11) is 0. The van der Waals surface area contributed by atoms with Gasteiger partial charge in [-0.3, -0.25) is 4.79 Å². The number of benzene rings is 2. The highest BCUT2D eigenvalue weighted by atomic mass is 35.5. The summed E-state index contributed by atoms with van der Waals surface area (Å²) >= 11 is 7.66. The quantitative estimate of drug-likeness (QED) is 0.400. The van der Waals surface area contributed by atoms with Crippen LogP contribution < -0.4 is 10.1 Å². The molecule has 30 heavy (non-hydrogen) atoms. The number of rotatable bonds is 5. The minimum atomic E-state index is -0.951. The maximum absolute atomic E-state index is 13.8. The van der Waals surface area contributed by atoms with Gasteiger partial charge in [0, 0.05) is 33.9 Å². The minimum Gasteiger partial charge on any atom is -0.431 e. The zero-order valence-corrected chi connectivity index (χ0v) is 16.7. The number of carbonyl (C=O) groups excluding carboxylic acids is 1. The van der Waals surface area contributed by atoms with Crippen molar-refractivity contribution >= 4 is 34.7 Å². The van der Waals surface area contributed by atoms with Gasteiger partial charge in [-0.25, -0.2) is 18.7 Å². The molecule has 4 rings (SSSR count). The molecular formula is C21H12ClF2N3O2S. The van der Waals surface area contributed by atoms with Crippen molar-refractivity contribution in [2.24, 2.45) is 0 Å². The Kier molecular flexibility index (Phi) is 5.69. The van der Waals surface area contributed by atoms with Crippen molar-refractivity contribution < 1.29 is 18.3 Å². The van der Waals surface area contributed by atoms with Gasteiger partial charge in [-0.2, -0.15) is 0 Å². The summed E-state index contributed by atoms with van der Waals surface area (Å²) in [6, 6.07) is 11.5. The second-order valence-corrected chi connectivity index (χ2v) is 7.29. The first-order valence-corrected chi connectivity index (χ1v) is 9.86. The third kappa shape index (κ3) is 4.29. The van der Waals surface area contributed by atoms with Crippen LogP contribution in [-0.2, 0) is 0 Å². The summed E-state index contributed by atoms with van der Waals surface area (Å²) in [5.74, 6) is -2.14. The molecule has 0 aliphatic carbocycles. The molecule has 0 saturated carbocycles. The van der Waals surface area contributed by atoms with E-state index in [1.165, 1.54) is 29.7 Å². The van der Waals surface area contributed by atoms with E-state index in [1.54, 1.807) is 35.8 Å². The molecular weight excluding hydrogens is 432 g/mol. The van der Waals surface area contributed by atoms with Gasteiger partial charge in [-0.05, 0) is 42.5 Å². The molecule has 1 amide bonds. The van der Waals surface area contributed by atoms with E-state index in [2.05, 4.69) is 15.3 Å². The van der Waals surface area contributed by atoms with Crippen LogP contribution in [0.15, 0.2) is 66.3 Å². The number of carbonyl (C=O) groups is 1. The van der Waals surface area contributed by atoms with Crippen LogP contribution in [0, 0.1) is 11.6 Å². The van der Waals surface area contributed by atoms with Gasteiger partial charge >= 0.3 is 0 Å². The maximum atomic E-state index is 13.8. The van der Waals surface area contributed by atoms with Gasteiger partial charge in [0.1, 0.15) is 28.8 Å². The molecule has 0 radical (unpaired) electrons. The first kappa shape index (κ1) is 19.9. The molecule has 2 aromatic heterocycles. The Morgan fingerprint density at radius 3 is 2.53 bits per heavy atom. The number of ether oxygens (including phenoxy) is 1. The highest BCUT2D eigenvalue weighted by molar-refractivity contribution is 7.11. The molecule has 9 heteroatoms. The Morgan fingerprint density at radius 2 is 1.87 bits per heavy atom. The molecule has 0 bridgehead atoms. The number of amides is 1. The summed E-state index contributed by atoms with van der Waals surface area (Å²) < 4.78 is 33.2. The van der Waals surface area contributed by atoms with Gasteiger partial charge in [0.2, 0.25) is 0 Å². The average molecular weight is 444 g/mol. The van der Waals surface area contributed by atoms with Crippen LogP contribution >= 0.6 is 22.9 Å². The topological polar surface area (TPSA) is 64.1 Å². The van der Waals surface area contributed by atoms with Crippen LogP contribution in [0.1, 0.15) is 10.4 Å². The Labute approximate surface area is 179 Å². The molecule has 0 aliphatic heterocycles. The summed E-state index contributed by atoms with van der Waals surface area (Å²) in [5, 5.41) is 5.16. The zero-order chi connectivity index (χ0) is 21.1. The van der Waals surface area contributed by atoms with E-state index in [4.69, 9.17) is 16.3 Å². The van der Waals surface area contributed by atoms with Crippen LogP contribution in [0.2, 0.25) is 5.02 Å². The van der Waals surface area contributed by atoms with Crippen LogP contribution in [0.5, 0.6) is 10.9 Å². The lowest BCUT2D eigenvalue weighted by Crippen LogP contribution is -2.16. The molecule has 2 aromatic carbocycles. The highest BCUT2D eigenvalue weighted by Gasteiger charge is 2.17. The number of hydrogen-bond acceptors (Lipinski definition) is 5. The van der Waals surface area contributed by atoms with Gasteiger partial charge in [-0.1, -0.05) is 29.0 Å². The Hall–Kier alpha value is -3.36. The monoisotopic (exact) mass is 443 g/mol. The predicted octanol–water partition coefficient (Wildman–Crippen LogP) is 6.18. The molecule has 0 unspecified atom stereocenters. The first-order chi connectivity index (χ1) is 14.5. The van der Waals surface area contributed by atoms with E-state index >= 15 is 0 Å². The predicted molar refractivity (Wildman–Crippen MR) is 111 cm³/mol. The smallest absolute Gasteiger partial charge is 0.278 e. The van der Waals surface area contributed by atoms with E-state index in [1.807, 2.05) is 0 Å². The van der Waals surface area contributed by atoms with Gasteiger partial charge < -0.3 is 10.1 Å². The second kappa shape index (κ2) is 8.56. The zero-order valence-electron chi connectivity index (χ0n) is 15.1. The molecule has 0 atom stereocenters. The van der Waals surface area contributed by atoms with Gasteiger partial charge in [0.05, 0.1) is 0 Å². The molecule has 0 aliphatic rings. The minimum absolute atomic E-state index is 0.137.